The topological polar surface area (TPSA) is 40.5 Å². The van der Waals surface area contributed by atoms with Gasteiger partial charge in [-0.3, -0.25) is 0 Å². The van der Waals surface area contributed by atoms with Crippen molar-refractivity contribution in [1.82, 2.24) is 0 Å². The van der Waals surface area contributed by atoms with Crippen molar-refractivity contribution in [1.29, 1.82) is 0 Å². The van der Waals surface area contributed by atoms with Gasteiger partial charge in [-0.05, 0) is 37.6 Å². The highest BCUT2D eigenvalue weighted by Crippen LogP contribution is 2.20. The van der Waals surface area contributed by atoms with Crippen LogP contribution in [0.15, 0.2) is 24.3 Å². The third-order valence-corrected chi connectivity index (χ3v) is 2.70. The Morgan fingerprint density at radius 3 is 2.44 bits per heavy atom. The van der Waals surface area contributed by atoms with Crippen LogP contribution in [-0.4, -0.2) is 23.7 Å². The van der Waals surface area contributed by atoms with Crippen LogP contribution in [0.5, 0.6) is 0 Å². The summed E-state index contributed by atoms with van der Waals surface area (Å²) in [5, 5.41) is 9.68. The zero-order valence-corrected chi connectivity index (χ0v) is 10.2. The minimum absolute atomic E-state index is 0.527. The van der Waals surface area contributed by atoms with Crippen molar-refractivity contribution in [3.8, 4) is 0 Å². The minimum Gasteiger partial charge on any atom is -0.480 e. The van der Waals surface area contributed by atoms with Gasteiger partial charge < -0.3 is 10.0 Å². The minimum atomic E-state index is -0.816. The molecule has 1 atom stereocenters. The Bertz CT molecular complexity index is 351. The van der Waals surface area contributed by atoms with Gasteiger partial charge in [0.25, 0.3) is 0 Å². The van der Waals surface area contributed by atoms with Gasteiger partial charge in [0.1, 0.15) is 6.04 Å². The van der Waals surface area contributed by atoms with Crippen LogP contribution in [0, 0.1) is 0 Å². The van der Waals surface area contributed by atoms with E-state index in [1.807, 2.05) is 24.0 Å². The molecule has 16 heavy (non-hydrogen) atoms. The molecule has 0 saturated carbocycles. The highest BCUT2D eigenvalue weighted by molar-refractivity contribution is 6.30. The largest absolute Gasteiger partial charge is 0.480 e. The van der Waals surface area contributed by atoms with E-state index in [9.17, 15) is 4.79 Å². The standard InChI is InChI=1S/C12H16ClNO2/c1-3-8-14(9(2)12(15)16)11-6-4-10(13)5-7-11/h4-7,9H,3,8H2,1-2H3,(H,15,16)/t9-/m1/s1. The second-order valence-corrected chi connectivity index (χ2v) is 4.12. The Kier molecular flexibility index (Phi) is 4.62. The molecule has 0 aliphatic rings. The predicted octanol–water partition coefficient (Wildman–Crippen LogP) is 3.03. The molecule has 1 rings (SSSR count). The van der Waals surface area contributed by atoms with Gasteiger partial charge in [-0.2, -0.15) is 0 Å². The van der Waals surface area contributed by atoms with Gasteiger partial charge in [-0.1, -0.05) is 18.5 Å². The van der Waals surface area contributed by atoms with Crippen molar-refractivity contribution in [2.75, 3.05) is 11.4 Å². The Hall–Kier alpha value is -1.22. The second-order valence-electron chi connectivity index (χ2n) is 3.68. The summed E-state index contributed by atoms with van der Waals surface area (Å²) in [7, 11) is 0. The normalized spacial score (nSPS) is 12.2. The summed E-state index contributed by atoms with van der Waals surface area (Å²) in [5.41, 5.74) is 0.890. The molecule has 0 bridgehead atoms. The van der Waals surface area contributed by atoms with E-state index in [0.29, 0.717) is 5.02 Å². The summed E-state index contributed by atoms with van der Waals surface area (Å²) in [6.07, 6.45) is 0.903. The number of carboxylic acids is 1. The molecular weight excluding hydrogens is 226 g/mol. The van der Waals surface area contributed by atoms with Crippen LogP contribution < -0.4 is 4.90 Å². The zero-order valence-electron chi connectivity index (χ0n) is 9.48. The molecule has 1 N–H and O–H groups in total. The van der Waals surface area contributed by atoms with E-state index < -0.39 is 12.0 Å². The molecule has 0 aromatic heterocycles. The number of carboxylic acid groups (broad SMARTS) is 1. The van der Waals surface area contributed by atoms with Crippen molar-refractivity contribution in [3.05, 3.63) is 29.3 Å². The maximum atomic E-state index is 11.0. The number of hydrogen-bond donors (Lipinski definition) is 1. The lowest BCUT2D eigenvalue weighted by Gasteiger charge is -2.28. The van der Waals surface area contributed by atoms with E-state index in [4.69, 9.17) is 16.7 Å². The fourth-order valence-electron chi connectivity index (χ4n) is 1.55. The lowest BCUT2D eigenvalue weighted by molar-refractivity contribution is -0.138. The molecule has 0 radical (unpaired) electrons. The number of hydrogen-bond acceptors (Lipinski definition) is 2. The predicted molar refractivity (Wildman–Crippen MR) is 66.2 cm³/mol. The SMILES string of the molecule is CCCN(c1ccc(Cl)cc1)[C@H](C)C(=O)O. The summed E-state index contributed by atoms with van der Waals surface area (Å²) < 4.78 is 0. The summed E-state index contributed by atoms with van der Waals surface area (Å²) in [5.74, 6) is -0.816. The Labute approximate surface area is 101 Å². The van der Waals surface area contributed by atoms with Gasteiger partial charge in [0, 0.05) is 17.3 Å². The van der Waals surface area contributed by atoms with Crippen molar-refractivity contribution in [3.63, 3.8) is 0 Å². The molecule has 0 heterocycles. The van der Waals surface area contributed by atoms with Crippen molar-refractivity contribution >= 4 is 23.3 Å². The maximum Gasteiger partial charge on any atom is 0.326 e. The fourth-order valence-corrected chi connectivity index (χ4v) is 1.68. The van der Waals surface area contributed by atoms with Crippen LogP contribution >= 0.6 is 11.6 Å². The Morgan fingerprint density at radius 1 is 1.44 bits per heavy atom. The molecule has 0 unspecified atom stereocenters. The summed E-state index contributed by atoms with van der Waals surface area (Å²) in [6.45, 7) is 4.43. The molecule has 1 aromatic carbocycles. The monoisotopic (exact) mass is 241 g/mol. The number of benzene rings is 1. The highest BCUT2D eigenvalue weighted by atomic mass is 35.5. The van der Waals surface area contributed by atoms with Gasteiger partial charge in [0.2, 0.25) is 0 Å². The number of halogens is 1. The lowest BCUT2D eigenvalue weighted by Crippen LogP contribution is -2.39. The van der Waals surface area contributed by atoms with Gasteiger partial charge in [-0.25, -0.2) is 4.79 Å². The van der Waals surface area contributed by atoms with Gasteiger partial charge in [0.15, 0.2) is 0 Å². The highest BCUT2D eigenvalue weighted by Gasteiger charge is 2.19. The lowest BCUT2D eigenvalue weighted by atomic mass is 10.2. The molecule has 0 saturated heterocycles. The zero-order chi connectivity index (χ0) is 12.1. The quantitative estimate of drug-likeness (QED) is 0.862. The molecule has 88 valence electrons. The van der Waals surface area contributed by atoms with Crippen LogP contribution in [-0.2, 0) is 4.79 Å². The number of nitrogens with zero attached hydrogens (tertiary/aromatic N) is 1. The molecule has 0 aliphatic carbocycles. The van der Waals surface area contributed by atoms with E-state index in [-0.39, 0.29) is 0 Å². The summed E-state index contributed by atoms with van der Waals surface area (Å²) >= 11 is 5.80. The van der Waals surface area contributed by atoms with E-state index in [0.717, 1.165) is 18.7 Å². The molecular formula is C12H16ClNO2. The van der Waals surface area contributed by atoms with Gasteiger partial charge in [-0.15, -0.1) is 0 Å². The Balaban J connectivity index is 2.92. The average Bonchev–Trinajstić information content (AvgIpc) is 2.26. The third kappa shape index (κ3) is 3.14. The first kappa shape index (κ1) is 12.8. The van der Waals surface area contributed by atoms with E-state index in [1.54, 1.807) is 19.1 Å². The molecule has 1 aromatic rings. The summed E-state index contributed by atoms with van der Waals surface area (Å²) in [4.78, 5) is 12.8. The van der Waals surface area contributed by atoms with E-state index >= 15 is 0 Å². The molecule has 0 fully saturated rings. The van der Waals surface area contributed by atoms with Crippen molar-refractivity contribution in [2.24, 2.45) is 0 Å². The first-order chi connectivity index (χ1) is 7.56. The van der Waals surface area contributed by atoms with Crippen LogP contribution in [0.2, 0.25) is 5.02 Å². The first-order valence-electron chi connectivity index (χ1n) is 5.31. The number of anilines is 1. The molecule has 4 heteroatoms. The van der Waals surface area contributed by atoms with Crippen molar-refractivity contribution in [2.45, 2.75) is 26.3 Å². The van der Waals surface area contributed by atoms with Gasteiger partial charge in [0.05, 0.1) is 0 Å². The molecule has 0 aliphatic heterocycles. The van der Waals surface area contributed by atoms with Gasteiger partial charge >= 0.3 is 5.97 Å². The number of carbonyl (C=O) groups is 1. The average molecular weight is 242 g/mol. The first-order valence-corrected chi connectivity index (χ1v) is 5.69. The van der Waals surface area contributed by atoms with E-state index in [1.165, 1.54) is 0 Å². The van der Waals surface area contributed by atoms with Crippen LogP contribution in [0.4, 0.5) is 5.69 Å². The number of aliphatic carboxylic acids is 1. The van der Waals surface area contributed by atoms with Crippen LogP contribution in [0.25, 0.3) is 0 Å². The third-order valence-electron chi connectivity index (χ3n) is 2.45. The molecule has 0 spiro atoms. The maximum absolute atomic E-state index is 11.0. The second kappa shape index (κ2) is 5.75. The van der Waals surface area contributed by atoms with Crippen molar-refractivity contribution < 1.29 is 9.90 Å². The Morgan fingerprint density at radius 2 is 2.00 bits per heavy atom. The van der Waals surface area contributed by atoms with E-state index in [2.05, 4.69) is 0 Å². The molecule has 3 nitrogen and oxygen atoms in total. The number of rotatable bonds is 5. The molecule has 0 amide bonds. The van der Waals surface area contributed by atoms with Crippen LogP contribution in [0.3, 0.4) is 0 Å². The fraction of sp³-hybridized carbons (Fsp3) is 0.417. The summed E-state index contributed by atoms with van der Waals surface area (Å²) in [6, 6.07) is 6.71. The smallest absolute Gasteiger partial charge is 0.326 e. The van der Waals surface area contributed by atoms with Crippen LogP contribution in [0.1, 0.15) is 20.3 Å².